The highest BCUT2D eigenvalue weighted by molar-refractivity contribution is 6.15. The minimum atomic E-state index is -0.563. The molecule has 0 aliphatic carbocycles. The number of benzene rings is 1. The molecule has 0 atom stereocenters. The molecule has 1 aromatic carbocycles. The first kappa shape index (κ1) is 13.1. The van der Waals surface area contributed by atoms with Gasteiger partial charge in [-0.2, -0.15) is 0 Å². The van der Waals surface area contributed by atoms with Crippen LogP contribution in [0.2, 0.25) is 0 Å². The predicted octanol–water partition coefficient (Wildman–Crippen LogP) is 2.83. The maximum absolute atomic E-state index is 12.0. The number of aromatic hydroxyl groups is 1. The predicted molar refractivity (Wildman–Crippen MR) is 68.6 cm³/mol. The van der Waals surface area contributed by atoms with Crippen molar-refractivity contribution in [3.63, 3.8) is 0 Å². The molecule has 5 nitrogen and oxygen atoms in total. The van der Waals surface area contributed by atoms with Crippen molar-refractivity contribution in [1.29, 1.82) is 0 Å². The summed E-state index contributed by atoms with van der Waals surface area (Å²) in [7, 11) is 0. The van der Waals surface area contributed by atoms with Crippen LogP contribution >= 0.6 is 0 Å². The average molecular weight is 262 g/mol. The summed E-state index contributed by atoms with van der Waals surface area (Å²) >= 11 is 0. The topological polar surface area (TPSA) is 76.7 Å². The van der Waals surface area contributed by atoms with Crippen molar-refractivity contribution in [3.05, 3.63) is 29.0 Å². The van der Waals surface area contributed by atoms with Crippen LogP contribution < -0.4 is 0 Å². The molecule has 19 heavy (non-hydrogen) atoms. The number of hydrogen-bond acceptors (Lipinski definition) is 5. The van der Waals surface area contributed by atoms with Gasteiger partial charge >= 0.3 is 5.97 Å². The van der Waals surface area contributed by atoms with E-state index in [2.05, 4.69) is 0 Å². The molecule has 1 heterocycles. The smallest absolute Gasteiger partial charge is 0.342 e. The number of ketones is 1. The molecule has 2 rings (SSSR count). The fraction of sp³-hybridized carbons (Fsp3) is 0.286. The molecular formula is C14H14O5. The van der Waals surface area contributed by atoms with Gasteiger partial charge in [0.15, 0.2) is 5.78 Å². The van der Waals surface area contributed by atoms with Gasteiger partial charge in [-0.15, -0.1) is 0 Å². The van der Waals surface area contributed by atoms with Gasteiger partial charge in [-0.05, 0) is 32.9 Å². The summed E-state index contributed by atoms with van der Waals surface area (Å²) in [6.07, 6.45) is 0. The van der Waals surface area contributed by atoms with Crippen LogP contribution in [0.15, 0.2) is 16.5 Å². The molecule has 2 aromatic rings. The van der Waals surface area contributed by atoms with Gasteiger partial charge < -0.3 is 14.3 Å². The van der Waals surface area contributed by atoms with E-state index in [9.17, 15) is 14.7 Å². The molecule has 5 heteroatoms. The van der Waals surface area contributed by atoms with Crippen molar-refractivity contribution in [2.45, 2.75) is 20.8 Å². The molecular weight excluding hydrogens is 248 g/mol. The van der Waals surface area contributed by atoms with Crippen LogP contribution in [0.3, 0.4) is 0 Å². The number of fused-ring (bicyclic) bond motifs is 1. The summed E-state index contributed by atoms with van der Waals surface area (Å²) in [6, 6.07) is 2.89. The minimum Gasteiger partial charge on any atom is -0.507 e. The molecule has 0 bridgehead atoms. The lowest BCUT2D eigenvalue weighted by molar-refractivity contribution is 0.0526. The van der Waals surface area contributed by atoms with Crippen molar-refractivity contribution in [2.24, 2.45) is 0 Å². The first-order valence-corrected chi connectivity index (χ1v) is 5.90. The molecule has 0 radical (unpaired) electrons. The van der Waals surface area contributed by atoms with E-state index in [1.165, 1.54) is 19.1 Å². The summed E-state index contributed by atoms with van der Waals surface area (Å²) in [6.45, 7) is 4.86. The summed E-state index contributed by atoms with van der Waals surface area (Å²) in [5.74, 6) is -0.714. The Morgan fingerprint density at radius 2 is 2.00 bits per heavy atom. The average Bonchev–Trinajstić information content (AvgIpc) is 2.64. The zero-order valence-electron chi connectivity index (χ0n) is 10.9. The second kappa shape index (κ2) is 4.76. The Labute approximate surface area is 109 Å². The molecule has 100 valence electrons. The third-order valence-corrected chi connectivity index (χ3v) is 2.84. The summed E-state index contributed by atoms with van der Waals surface area (Å²) < 4.78 is 10.4. The van der Waals surface area contributed by atoms with Gasteiger partial charge in [0.05, 0.1) is 12.2 Å². The van der Waals surface area contributed by atoms with Crippen LogP contribution in [0.5, 0.6) is 5.75 Å². The lowest BCUT2D eigenvalue weighted by Crippen LogP contribution is -2.07. The van der Waals surface area contributed by atoms with Crippen LogP contribution in [0.1, 0.15) is 40.3 Å². The molecule has 0 saturated carbocycles. The highest BCUT2D eigenvalue weighted by Gasteiger charge is 2.25. The van der Waals surface area contributed by atoms with E-state index >= 15 is 0 Å². The summed E-state index contributed by atoms with van der Waals surface area (Å²) in [5, 5.41) is 10.1. The Hall–Kier alpha value is -2.30. The standard InChI is InChI=1S/C14H14O5/c1-4-18-14(17)12-8(3)19-10-6-5-9(16)11(7(2)15)13(10)12/h5-6,16H,4H2,1-3H3. The molecule has 0 fully saturated rings. The second-order valence-corrected chi connectivity index (χ2v) is 4.14. The number of aryl methyl sites for hydroxylation is 1. The molecule has 1 aromatic heterocycles. The number of phenols is 1. The number of rotatable bonds is 3. The number of carbonyl (C=O) groups excluding carboxylic acids is 2. The van der Waals surface area contributed by atoms with Gasteiger partial charge in [-0.25, -0.2) is 4.79 Å². The van der Waals surface area contributed by atoms with Crippen LogP contribution in [0, 0.1) is 6.92 Å². The van der Waals surface area contributed by atoms with Crippen molar-refractivity contribution < 1.29 is 23.8 Å². The van der Waals surface area contributed by atoms with E-state index in [0.717, 1.165) is 0 Å². The van der Waals surface area contributed by atoms with E-state index in [1.54, 1.807) is 13.8 Å². The summed E-state index contributed by atoms with van der Waals surface area (Å²) in [5.41, 5.74) is 0.652. The van der Waals surface area contributed by atoms with Crippen molar-refractivity contribution >= 4 is 22.7 Å². The van der Waals surface area contributed by atoms with Crippen molar-refractivity contribution in [2.75, 3.05) is 6.61 Å². The van der Waals surface area contributed by atoms with Crippen LogP contribution in [0.25, 0.3) is 11.0 Å². The third-order valence-electron chi connectivity index (χ3n) is 2.84. The van der Waals surface area contributed by atoms with Gasteiger partial charge in [0.2, 0.25) is 0 Å². The van der Waals surface area contributed by atoms with Gasteiger partial charge in [-0.3, -0.25) is 4.79 Å². The lowest BCUT2D eigenvalue weighted by atomic mass is 10.0. The Balaban J connectivity index is 2.83. The number of hydrogen-bond donors (Lipinski definition) is 1. The quantitative estimate of drug-likeness (QED) is 0.679. The monoisotopic (exact) mass is 262 g/mol. The van der Waals surface area contributed by atoms with E-state index in [0.29, 0.717) is 16.7 Å². The largest absolute Gasteiger partial charge is 0.507 e. The normalized spacial score (nSPS) is 10.7. The number of Topliss-reactive ketones (excluding diaryl/α,β-unsaturated/α-hetero) is 1. The first-order chi connectivity index (χ1) is 8.97. The van der Waals surface area contributed by atoms with E-state index in [4.69, 9.17) is 9.15 Å². The number of ether oxygens (including phenoxy) is 1. The molecule has 1 N–H and O–H groups in total. The molecule has 0 unspecified atom stereocenters. The van der Waals surface area contributed by atoms with Gasteiger partial charge in [0.25, 0.3) is 0 Å². The van der Waals surface area contributed by atoms with Gasteiger partial charge in [-0.1, -0.05) is 0 Å². The van der Waals surface area contributed by atoms with E-state index in [-0.39, 0.29) is 29.3 Å². The molecule has 0 spiro atoms. The van der Waals surface area contributed by atoms with Crippen LogP contribution in [-0.2, 0) is 4.74 Å². The number of furan rings is 1. The fourth-order valence-corrected chi connectivity index (χ4v) is 2.10. The minimum absolute atomic E-state index is 0.0809. The van der Waals surface area contributed by atoms with Crippen LogP contribution in [-0.4, -0.2) is 23.5 Å². The van der Waals surface area contributed by atoms with Crippen LogP contribution in [0.4, 0.5) is 0 Å². The van der Waals surface area contributed by atoms with Gasteiger partial charge in [0.1, 0.15) is 22.7 Å². The lowest BCUT2D eigenvalue weighted by Gasteiger charge is -2.04. The van der Waals surface area contributed by atoms with E-state index in [1.807, 2.05) is 0 Å². The fourth-order valence-electron chi connectivity index (χ4n) is 2.10. The van der Waals surface area contributed by atoms with Crippen molar-refractivity contribution in [1.82, 2.24) is 0 Å². The third kappa shape index (κ3) is 2.07. The molecule has 0 amide bonds. The maximum Gasteiger partial charge on any atom is 0.342 e. The zero-order chi connectivity index (χ0) is 14.2. The zero-order valence-corrected chi connectivity index (χ0v) is 10.9. The Bertz CT molecular complexity index is 666. The SMILES string of the molecule is CCOC(=O)c1c(C)oc2ccc(O)c(C(C)=O)c12. The number of esters is 1. The molecule has 0 saturated heterocycles. The summed E-state index contributed by atoms with van der Waals surface area (Å²) in [4.78, 5) is 23.6. The number of carbonyl (C=O) groups is 2. The van der Waals surface area contributed by atoms with Gasteiger partial charge in [0, 0.05) is 5.39 Å². The second-order valence-electron chi connectivity index (χ2n) is 4.14. The maximum atomic E-state index is 12.0. The Morgan fingerprint density at radius 3 is 2.58 bits per heavy atom. The Morgan fingerprint density at radius 1 is 1.32 bits per heavy atom. The van der Waals surface area contributed by atoms with E-state index < -0.39 is 5.97 Å². The number of phenolic OH excluding ortho intramolecular Hbond substituents is 1. The van der Waals surface area contributed by atoms with Crippen molar-refractivity contribution in [3.8, 4) is 5.75 Å². The molecule has 0 aliphatic rings. The highest BCUT2D eigenvalue weighted by atomic mass is 16.5. The first-order valence-electron chi connectivity index (χ1n) is 5.90. The Kier molecular flexibility index (Phi) is 3.29. The molecule has 0 aliphatic heterocycles. The highest BCUT2D eigenvalue weighted by Crippen LogP contribution is 2.34.